The summed E-state index contributed by atoms with van der Waals surface area (Å²) < 4.78 is 18.5. The molecule has 0 unspecified atom stereocenters. The highest BCUT2D eigenvalue weighted by Crippen LogP contribution is 2.21. The Balaban J connectivity index is 2.05. The van der Waals surface area contributed by atoms with Crippen molar-refractivity contribution in [3.63, 3.8) is 0 Å². The molecule has 19 heavy (non-hydrogen) atoms. The van der Waals surface area contributed by atoms with E-state index in [1.807, 2.05) is 6.92 Å². The molecule has 0 aliphatic heterocycles. The summed E-state index contributed by atoms with van der Waals surface area (Å²) in [6.45, 7) is 2.18. The normalized spacial score (nSPS) is 10.4. The number of nitrogens with zero attached hydrogens (tertiary/aromatic N) is 1. The van der Waals surface area contributed by atoms with Gasteiger partial charge >= 0.3 is 5.97 Å². The third-order valence-electron chi connectivity index (χ3n) is 2.61. The molecule has 1 heterocycles. The fraction of sp³-hybridized carbons (Fsp3) is 0.231. The molecule has 1 N–H and O–H groups in total. The first-order valence-corrected chi connectivity index (χ1v) is 6.50. The summed E-state index contributed by atoms with van der Waals surface area (Å²) >= 11 is 1.52. The third-order valence-corrected chi connectivity index (χ3v) is 3.60. The van der Waals surface area contributed by atoms with Gasteiger partial charge < -0.3 is 9.84 Å². The zero-order chi connectivity index (χ0) is 13.8. The monoisotopic (exact) mass is 281 g/mol. The fourth-order valence-corrected chi connectivity index (χ4v) is 2.37. The molecule has 1 aromatic carbocycles. The van der Waals surface area contributed by atoms with Crippen LogP contribution >= 0.6 is 11.3 Å². The fourth-order valence-electron chi connectivity index (χ4n) is 1.61. The van der Waals surface area contributed by atoms with Crippen molar-refractivity contribution in [3.8, 4) is 5.75 Å². The molecule has 0 radical (unpaired) electrons. The van der Waals surface area contributed by atoms with Crippen molar-refractivity contribution < 1.29 is 19.0 Å². The lowest BCUT2D eigenvalue weighted by Gasteiger charge is -2.08. The molecule has 1 aromatic heterocycles. The van der Waals surface area contributed by atoms with Crippen molar-refractivity contribution in [1.29, 1.82) is 0 Å². The Labute approximate surface area is 113 Å². The lowest BCUT2D eigenvalue weighted by Crippen LogP contribution is -2.06. The van der Waals surface area contributed by atoms with Crippen LogP contribution in [-0.2, 0) is 6.42 Å². The average Bonchev–Trinajstić information content (AvgIpc) is 2.75. The van der Waals surface area contributed by atoms with Crippen molar-refractivity contribution in [2.45, 2.75) is 13.3 Å². The highest BCUT2D eigenvalue weighted by Gasteiger charge is 2.12. The second kappa shape index (κ2) is 5.79. The van der Waals surface area contributed by atoms with E-state index in [9.17, 15) is 9.18 Å². The van der Waals surface area contributed by atoms with Gasteiger partial charge in [0.2, 0.25) is 0 Å². The van der Waals surface area contributed by atoms with Crippen LogP contribution in [0.2, 0.25) is 0 Å². The van der Waals surface area contributed by atoms with Crippen LogP contribution in [-0.4, -0.2) is 22.7 Å². The zero-order valence-corrected chi connectivity index (χ0v) is 11.0. The highest BCUT2D eigenvalue weighted by molar-refractivity contribution is 7.09. The van der Waals surface area contributed by atoms with Crippen molar-refractivity contribution in [2.75, 3.05) is 6.61 Å². The molecule has 0 spiro atoms. The molecule has 0 fully saturated rings. The highest BCUT2D eigenvalue weighted by atomic mass is 32.1. The van der Waals surface area contributed by atoms with Crippen LogP contribution in [0.5, 0.6) is 5.75 Å². The van der Waals surface area contributed by atoms with E-state index in [0.717, 1.165) is 22.7 Å². The Kier molecular flexibility index (Phi) is 4.11. The number of halogens is 1. The number of aromatic carboxylic acids is 1. The maximum Gasteiger partial charge on any atom is 0.339 e. The molecule has 0 amide bonds. The molecule has 4 nitrogen and oxygen atoms in total. The summed E-state index contributed by atoms with van der Waals surface area (Å²) in [5.74, 6) is -1.60. The van der Waals surface area contributed by atoms with Gasteiger partial charge in [-0.15, -0.1) is 11.3 Å². The number of hydrogen-bond donors (Lipinski definition) is 1. The number of hydrogen-bond acceptors (Lipinski definition) is 4. The summed E-state index contributed by atoms with van der Waals surface area (Å²) in [6, 6.07) is 3.39. The van der Waals surface area contributed by atoms with E-state index in [-0.39, 0.29) is 17.9 Å². The maximum absolute atomic E-state index is 13.1. The van der Waals surface area contributed by atoms with Gasteiger partial charge in [0, 0.05) is 17.4 Å². The van der Waals surface area contributed by atoms with Gasteiger partial charge in [-0.1, -0.05) is 0 Å². The molecule has 0 aliphatic carbocycles. The second-order valence-corrected chi connectivity index (χ2v) is 4.84. The number of thiazole rings is 1. The van der Waals surface area contributed by atoms with Crippen molar-refractivity contribution >= 4 is 17.3 Å². The predicted molar refractivity (Wildman–Crippen MR) is 69.4 cm³/mol. The number of rotatable bonds is 5. The van der Waals surface area contributed by atoms with Crippen LogP contribution in [0, 0.1) is 12.7 Å². The summed E-state index contributed by atoms with van der Waals surface area (Å²) in [5, 5.41) is 8.97. The number of benzene rings is 1. The smallest absolute Gasteiger partial charge is 0.339 e. The molecule has 0 atom stereocenters. The molecule has 0 bridgehead atoms. The Morgan fingerprint density at radius 3 is 2.95 bits per heavy atom. The number of ether oxygens (including phenoxy) is 1. The molecule has 6 heteroatoms. The molecule has 2 aromatic rings. The topological polar surface area (TPSA) is 59.4 Å². The Bertz CT molecular complexity index is 597. The molecule has 2 rings (SSSR count). The van der Waals surface area contributed by atoms with E-state index in [4.69, 9.17) is 9.84 Å². The summed E-state index contributed by atoms with van der Waals surface area (Å²) in [7, 11) is 0. The molecular weight excluding hydrogens is 269 g/mol. The Morgan fingerprint density at radius 1 is 1.53 bits per heavy atom. The van der Waals surface area contributed by atoms with Gasteiger partial charge in [0.05, 0.1) is 17.8 Å². The molecular formula is C13H12FNO3S. The largest absolute Gasteiger partial charge is 0.492 e. The number of aryl methyl sites for hydroxylation is 1. The number of carbonyl (C=O) groups is 1. The number of carboxylic acids is 1. The van der Waals surface area contributed by atoms with Crippen molar-refractivity contribution in [3.05, 3.63) is 45.7 Å². The van der Waals surface area contributed by atoms with Gasteiger partial charge in [0.15, 0.2) is 0 Å². The first kappa shape index (κ1) is 13.5. The molecule has 0 saturated carbocycles. The van der Waals surface area contributed by atoms with Gasteiger partial charge in [0.1, 0.15) is 17.1 Å². The van der Waals surface area contributed by atoms with Crippen LogP contribution in [0.25, 0.3) is 0 Å². The van der Waals surface area contributed by atoms with E-state index >= 15 is 0 Å². The SMILES string of the molecule is Cc1ncsc1CCOc1cc(F)ccc1C(=O)O. The van der Waals surface area contributed by atoms with E-state index < -0.39 is 11.8 Å². The minimum absolute atomic E-state index is 0.0394. The first-order valence-electron chi connectivity index (χ1n) is 5.62. The minimum Gasteiger partial charge on any atom is -0.492 e. The minimum atomic E-state index is -1.14. The molecule has 0 saturated heterocycles. The lowest BCUT2D eigenvalue weighted by molar-refractivity contribution is 0.0692. The van der Waals surface area contributed by atoms with Crippen LogP contribution in [0.1, 0.15) is 20.9 Å². The van der Waals surface area contributed by atoms with E-state index in [1.54, 1.807) is 5.51 Å². The van der Waals surface area contributed by atoms with Crippen LogP contribution < -0.4 is 4.74 Å². The lowest BCUT2D eigenvalue weighted by atomic mass is 10.2. The Hall–Kier alpha value is -1.95. The van der Waals surface area contributed by atoms with Crippen LogP contribution in [0.4, 0.5) is 4.39 Å². The number of carboxylic acid groups (broad SMARTS) is 1. The number of aromatic nitrogens is 1. The summed E-state index contributed by atoms with van der Waals surface area (Å²) in [5.41, 5.74) is 2.64. The third kappa shape index (κ3) is 3.29. The van der Waals surface area contributed by atoms with Gasteiger partial charge in [-0.3, -0.25) is 0 Å². The van der Waals surface area contributed by atoms with Crippen molar-refractivity contribution in [2.24, 2.45) is 0 Å². The van der Waals surface area contributed by atoms with Crippen LogP contribution in [0.15, 0.2) is 23.7 Å². The van der Waals surface area contributed by atoms with Crippen molar-refractivity contribution in [1.82, 2.24) is 4.98 Å². The average molecular weight is 281 g/mol. The quantitative estimate of drug-likeness (QED) is 0.915. The van der Waals surface area contributed by atoms with Gasteiger partial charge in [-0.05, 0) is 19.1 Å². The molecule has 0 aliphatic rings. The second-order valence-electron chi connectivity index (χ2n) is 3.91. The van der Waals surface area contributed by atoms with Gasteiger partial charge in [-0.2, -0.15) is 0 Å². The van der Waals surface area contributed by atoms with Gasteiger partial charge in [-0.25, -0.2) is 14.2 Å². The standard InChI is InChI=1S/C13H12FNO3S/c1-8-12(19-7-15-8)4-5-18-11-6-9(14)2-3-10(11)13(16)17/h2-3,6-7H,4-5H2,1H3,(H,16,17). The van der Waals surface area contributed by atoms with E-state index in [0.29, 0.717) is 6.42 Å². The maximum atomic E-state index is 13.1. The Morgan fingerprint density at radius 2 is 2.32 bits per heavy atom. The summed E-state index contributed by atoms with van der Waals surface area (Å²) in [6.07, 6.45) is 0.617. The van der Waals surface area contributed by atoms with Gasteiger partial charge in [0.25, 0.3) is 0 Å². The zero-order valence-electron chi connectivity index (χ0n) is 10.2. The first-order chi connectivity index (χ1) is 9.08. The van der Waals surface area contributed by atoms with E-state index in [2.05, 4.69) is 4.98 Å². The molecule has 100 valence electrons. The van der Waals surface area contributed by atoms with E-state index in [1.165, 1.54) is 17.4 Å². The van der Waals surface area contributed by atoms with Crippen LogP contribution in [0.3, 0.4) is 0 Å². The predicted octanol–water partition coefficient (Wildman–Crippen LogP) is 2.91. The summed E-state index contributed by atoms with van der Waals surface area (Å²) in [4.78, 5) is 16.2.